The summed E-state index contributed by atoms with van der Waals surface area (Å²) >= 11 is 0. The maximum Gasteiger partial charge on any atom is 0.0889 e. The maximum atomic E-state index is 9.92. The van der Waals surface area contributed by atoms with Gasteiger partial charge in [-0.05, 0) is 17.7 Å². The van der Waals surface area contributed by atoms with Crippen molar-refractivity contribution in [3.05, 3.63) is 28.3 Å². The molecule has 1 aliphatic carbocycles. The molecule has 1 rings (SSSR count). The third-order valence-electron chi connectivity index (χ3n) is 1.49. The SMILES string of the molecule is CCC1=CC=C(N=O)C1. The van der Waals surface area contributed by atoms with Gasteiger partial charge in [-0.25, -0.2) is 0 Å². The van der Waals surface area contributed by atoms with Gasteiger partial charge in [-0.1, -0.05) is 18.6 Å². The van der Waals surface area contributed by atoms with E-state index in [1.807, 2.05) is 6.08 Å². The zero-order valence-electron chi connectivity index (χ0n) is 5.42. The van der Waals surface area contributed by atoms with E-state index in [0.29, 0.717) is 5.70 Å². The molecule has 0 aromatic rings. The van der Waals surface area contributed by atoms with Gasteiger partial charge in [-0.3, -0.25) is 0 Å². The highest BCUT2D eigenvalue weighted by atomic mass is 16.3. The standard InChI is InChI=1S/C7H9NO/c1-2-6-3-4-7(5-6)8-9/h3-4H,2,5H2,1H3. The Bertz CT molecular complexity index is 179. The molecular weight excluding hydrogens is 114 g/mol. The van der Waals surface area contributed by atoms with Crippen molar-refractivity contribution in [2.75, 3.05) is 0 Å². The van der Waals surface area contributed by atoms with Crippen LogP contribution in [0.15, 0.2) is 28.6 Å². The lowest BCUT2D eigenvalue weighted by atomic mass is 10.2. The van der Waals surface area contributed by atoms with Crippen molar-refractivity contribution < 1.29 is 0 Å². The molecule has 0 aromatic carbocycles. The van der Waals surface area contributed by atoms with E-state index in [0.717, 1.165) is 12.8 Å². The smallest absolute Gasteiger partial charge is 0.0889 e. The summed E-state index contributed by atoms with van der Waals surface area (Å²) in [7, 11) is 0. The van der Waals surface area contributed by atoms with Gasteiger partial charge in [0.05, 0.1) is 5.70 Å². The van der Waals surface area contributed by atoms with Crippen LogP contribution in [0.4, 0.5) is 0 Å². The molecule has 0 bridgehead atoms. The minimum absolute atomic E-state index is 0.659. The Kier molecular flexibility index (Phi) is 1.78. The van der Waals surface area contributed by atoms with Crippen molar-refractivity contribution in [2.45, 2.75) is 19.8 Å². The summed E-state index contributed by atoms with van der Waals surface area (Å²) in [6, 6.07) is 0. The van der Waals surface area contributed by atoms with Crippen molar-refractivity contribution in [1.82, 2.24) is 0 Å². The van der Waals surface area contributed by atoms with Crippen LogP contribution < -0.4 is 0 Å². The van der Waals surface area contributed by atoms with Gasteiger partial charge in [0.1, 0.15) is 0 Å². The molecule has 48 valence electrons. The lowest BCUT2D eigenvalue weighted by Gasteiger charge is -1.91. The summed E-state index contributed by atoms with van der Waals surface area (Å²) in [5.41, 5.74) is 1.96. The highest BCUT2D eigenvalue weighted by Gasteiger charge is 2.05. The van der Waals surface area contributed by atoms with Crippen molar-refractivity contribution in [1.29, 1.82) is 0 Å². The molecule has 0 spiro atoms. The average molecular weight is 123 g/mol. The fraction of sp³-hybridized carbons (Fsp3) is 0.429. The third kappa shape index (κ3) is 1.25. The van der Waals surface area contributed by atoms with E-state index in [1.165, 1.54) is 5.57 Å². The molecule has 0 unspecified atom stereocenters. The molecule has 0 saturated heterocycles. The van der Waals surface area contributed by atoms with E-state index >= 15 is 0 Å². The third-order valence-corrected chi connectivity index (χ3v) is 1.49. The number of rotatable bonds is 2. The van der Waals surface area contributed by atoms with E-state index in [4.69, 9.17) is 0 Å². The Balaban J connectivity index is 2.52. The summed E-state index contributed by atoms with van der Waals surface area (Å²) < 4.78 is 0. The second kappa shape index (κ2) is 2.58. The molecule has 2 heteroatoms. The lowest BCUT2D eigenvalue weighted by molar-refractivity contribution is 1.00. The molecule has 9 heavy (non-hydrogen) atoms. The Labute approximate surface area is 54.2 Å². The number of hydrogen-bond acceptors (Lipinski definition) is 2. The number of nitrogens with zero attached hydrogens (tertiary/aromatic N) is 1. The second-order valence-corrected chi connectivity index (χ2v) is 2.10. The Morgan fingerprint density at radius 1 is 1.67 bits per heavy atom. The largest absolute Gasteiger partial charge is 0.145 e. The monoisotopic (exact) mass is 123 g/mol. The van der Waals surface area contributed by atoms with Crippen molar-refractivity contribution in [3.63, 3.8) is 0 Å². The van der Waals surface area contributed by atoms with Crippen LogP contribution in [0.3, 0.4) is 0 Å². The first-order chi connectivity index (χ1) is 4.36. The van der Waals surface area contributed by atoms with Crippen molar-refractivity contribution in [3.8, 4) is 0 Å². The zero-order chi connectivity index (χ0) is 6.69. The lowest BCUT2D eigenvalue weighted by Crippen LogP contribution is -1.75. The highest BCUT2D eigenvalue weighted by Crippen LogP contribution is 2.21. The second-order valence-electron chi connectivity index (χ2n) is 2.10. The predicted molar refractivity (Wildman–Crippen MR) is 36.9 cm³/mol. The van der Waals surface area contributed by atoms with E-state index in [2.05, 4.69) is 12.1 Å². The van der Waals surface area contributed by atoms with Gasteiger partial charge in [0.2, 0.25) is 0 Å². The van der Waals surface area contributed by atoms with E-state index in [-0.39, 0.29) is 0 Å². The number of allylic oxidation sites excluding steroid dienone is 3. The molecule has 0 radical (unpaired) electrons. The Hall–Kier alpha value is -0.920. The van der Waals surface area contributed by atoms with Crippen LogP contribution in [0.5, 0.6) is 0 Å². The van der Waals surface area contributed by atoms with Crippen LogP contribution in [-0.2, 0) is 0 Å². The fourth-order valence-electron chi connectivity index (χ4n) is 0.870. The summed E-state index contributed by atoms with van der Waals surface area (Å²) in [5.74, 6) is 0. The molecular formula is C7H9NO. The van der Waals surface area contributed by atoms with Gasteiger partial charge in [0, 0.05) is 6.42 Å². The predicted octanol–water partition coefficient (Wildman–Crippen LogP) is 2.38. The van der Waals surface area contributed by atoms with E-state index < -0.39 is 0 Å². The van der Waals surface area contributed by atoms with Crippen LogP contribution in [0.1, 0.15) is 19.8 Å². The van der Waals surface area contributed by atoms with Gasteiger partial charge in [0.15, 0.2) is 0 Å². The summed E-state index contributed by atoms with van der Waals surface area (Å²) in [6.07, 6.45) is 5.54. The first kappa shape index (κ1) is 6.20. The molecule has 0 heterocycles. The van der Waals surface area contributed by atoms with E-state index in [1.54, 1.807) is 6.08 Å². The normalized spacial score (nSPS) is 17.0. The molecule has 0 aliphatic heterocycles. The summed E-state index contributed by atoms with van der Waals surface area (Å²) in [5, 5.41) is 2.84. The van der Waals surface area contributed by atoms with Crippen molar-refractivity contribution >= 4 is 0 Å². The topological polar surface area (TPSA) is 29.4 Å². The van der Waals surface area contributed by atoms with Gasteiger partial charge in [-0.15, -0.1) is 4.91 Å². The Morgan fingerprint density at radius 2 is 2.44 bits per heavy atom. The number of nitroso groups, excluding NO2 is 1. The highest BCUT2D eigenvalue weighted by molar-refractivity contribution is 5.29. The maximum absolute atomic E-state index is 9.92. The quantitative estimate of drug-likeness (QED) is 0.518. The molecule has 0 saturated carbocycles. The molecule has 0 amide bonds. The van der Waals surface area contributed by atoms with Gasteiger partial charge in [-0.2, -0.15) is 0 Å². The molecule has 0 aromatic heterocycles. The van der Waals surface area contributed by atoms with Crippen LogP contribution in [0.2, 0.25) is 0 Å². The molecule has 0 atom stereocenters. The van der Waals surface area contributed by atoms with Crippen molar-refractivity contribution in [2.24, 2.45) is 5.18 Å². The van der Waals surface area contributed by atoms with Gasteiger partial charge < -0.3 is 0 Å². The number of hydrogen-bond donors (Lipinski definition) is 0. The Morgan fingerprint density at radius 3 is 2.78 bits per heavy atom. The molecule has 0 N–H and O–H groups in total. The molecule has 0 fully saturated rings. The first-order valence-corrected chi connectivity index (χ1v) is 3.08. The summed E-state index contributed by atoms with van der Waals surface area (Å²) in [4.78, 5) is 9.92. The van der Waals surface area contributed by atoms with Gasteiger partial charge in [0.25, 0.3) is 0 Å². The fourth-order valence-corrected chi connectivity index (χ4v) is 0.870. The van der Waals surface area contributed by atoms with Crippen LogP contribution >= 0.6 is 0 Å². The molecule has 2 nitrogen and oxygen atoms in total. The van der Waals surface area contributed by atoms with Crippen LogP contribution in [0.25, 0.3) is 0 Å². The van der Waals surface area contributed by atoms with Gasteiger partial charge >= 0.3 is 0 Å². The van der Waals surface area contributed by atoms with Crippen LogP contribution in [-0.4, -0.2) is 0 Å². The first-order valence-electron chi connectivity index (χ1n) is 3.08. The minimum atomic E-state index is 0.659. The van der Waals surface area contributed by atoms with E-state index in [9.17, 15) is 4.91 Å². The molecule has 1 aliphatic rings. The zero-order valence-corrected chi connectivity index (χ0v) is 5.42. The van der Waals surface area contributed by atoms with Crippen LogP contribution in [0, 0.1) is 4.91 Å². The average Bonchev–Trinajstić information content (AvgIpc) is 2.34. The minimum Gasteiger partial charge on any atom is -0.145 e. The summed E-state index contributed by atoms with van der Waals surface area (Å²) in [6.45, 7) is 2.08.